The molecule has 0 amide bonds. The summed E-state index contributed by atoms with van der Waals surface area (Å²) in [5, 5.41) is 18.7. The largest absolute Gasteiger partial charge is 0.192 e. The van der Waals surface area contributed by atoms with Gasteiger partial charge in [-0.25, -0.2) is 0 Å². The van der Waals surface area contributed by atoms with Gasteiger partial charge in [0, 0.05) is 10.9 Å². The maximum absolute atomic E-state index is 9.45. The summed E-state index contributed by atoms with van der Waals surface area (Å²) >= 11 is 0. The number of aromatic nitrogens is 2. The quantitative estimate of drug-likeness (QED) is 0.659. The first-order valence-electron chi connectivity index (χ1n) is 6.02. The zero-order chi connectivity index (χ0) is 13.2. The number of rotatable bonds is 1. The predicted octanol–water partition coefficient (Wildman–Crippen LogP) is 3.48. The summed E-state index contributed by atoms with van der Waals surface area (Å²) in [6.07, 6.45) is 0. The topological polar surface area (TPSA) is 49.6 Å². The van der Waals surface area contributed by atoms with Crippen LogP contribution >= 0.6 is 0 Å². The molecule has 3 aromatic rings. The molecule has 0 fully saturated rings. The molecule has 0 aliphatic heterocycles. The van der Waals surface area contributed by atoms with E-state index in [9.17, 15) is 5.26 Å². The molecule has 0 aliphatic rings. The van der Waals surface area contributed by atoms with E-state index in [1.807, 2.05) is 55.5 Å². The van der Waals surface area contributed by atoms with Gasteiger partial charge < -0.3 is 0 Å². The first-order valence-corrected chi connectivity index (χ1v) is 6.02. The third kappa shape index (κ3) is 1.94. The molecular formula is C16H11N3. The Labute approximate surface area is 111 Å². The zero-order valence-electron chi connectivity index (χ0n) is 10.5. The van der Waals surface area contributed by atoms with Gasteiger partial charge >= 0.3 is 0 Å². The smallest absolute Gasteiger partial charge is 0.111 e. The van der Waals surface area contributed by atoms with E-state index in [0.717, 1.165) is 22.0 Å². The molecule has 1 aromatic heterocycles. The summed E-state index contributed by atoms with van der Waals surface area (Å²) in [7, 11) is 0. The van der Waals surface area contributed by atoms with E-state index in [1.54, 1.807) is 0 Å². The number of benzene rings is 2. The molecule has 0 aliphatic carbocycles. The van der Waals surface area contributed by atoms with E-state index in [2.05, 4.69) is 16.3 Å². The monoisotopic (exact) mass is 245 g/mol. The Hall–Kier alpha value is -2.73. The van der Waals surface area contributed by atoms with Gasteiger partial charge in [-0.2, -0.15) is 5.26 Å². The van der Waals surface area contributed by atoms with Gasteiger partial charge in [-0.1, -0.05) is 42.0 Å². The molecule has 3 nitrogen and oxygen atoms in total. The summed E-state index contributed by atoms with van der Waals surface area (Å²) in [5.41, 5.74) is 3.99. The standard InChI is InChI=1S/C16H11N3/c1-11-7-8-15-13(9-11)14(10-17)16(19-18-15)12-5-3-2-4-6-12/h2-9H,1H3. The zero-order valence-corrected chi connectivity index (χ0v) is 10.5. The Kier molecular flexibility index (Phi) is 2.70. The number of nitriles is 1. The molecule has 0 saturated carbocycles. The highest BCUT2D eigenvalue weighted by molar-refractivity contribution is 5.90. The highest BCUT2D eigenvalue weighted by Gasteiger charge is 2.11. The third-order valence-corrected chi connectivity index (χ3v) is 3.07. The highest BCUT2D eigenvalue weighted by atomic mass is 15.1. The molecule has 0 radical (unpaired) electrons. The maximum atomic E-state index is 9.45. The number of nitrogens with zero attached hydrogens (tertiary/aromatic N) is 3. The Morgan fingerprint density at radius 2 is 1.79 bits per heavy atom. The SMILES string of the molecule is Cc1ccc2nnc(-c3ccccc3)c(C#N)c2c1. The second-order valence-electron chi connectivity index (χ2n) is 4.42. The molecule has 0 atom stereocenters. The third-order valence-electron chi connectivity index (χ3n) is 3.07. The molecule has 0 spiro atoms. The Morgan fingerprint density at radius 3 is 2.53 bits per heavy atom. The summed E-state index contributed by atoms with van der Waals surface area (Å²) < 4.78 is 0. The average molecular weight is 245 g/mol. The van der Waals surface area contributed by atoms with E-state index in [1.165, 1.54) is 0 Å². The first-order chi connectivity index (χ1) is 9.29. The first kappa shape index (κ1) is 11.4. The van der Waals surface area contributed by atoms with Crippen molar-refractivity contribution in [3.05, 3.63) is 59.7 Å². The minimum atomic E-state index is 0.583. The van der Waals surface area contributed by atoms with Gasteiger partial charge in [0.1, 0.15) is 11.8 Å². The van der Waals surface area contributed by atoms with Gasteiger partial charge in [0.15, 0.2) is 0 Å². The summed E-state index contributed by atoms with van der Waals surface area (Å²) in [5.74, 6) is 0. The minimum absolute atomic E-state index is 0.583. The lowest BCUT2D eigenvalue weighted by molar-refractivity contribution is 1.08. The lowest BCUT2D eigenvalue weighted by atomic mass is 10.0. The molecule has 0 bridgehead atoms. The molecule has 3 rings (SSSR count). The van der Waals surface area contributed by atoms with Crippen LogP contribution in [-0.4, -0.2) is 10.2 Å². The average Bonchev–Trinajstić information content (AvgIpc) is 2.46. The normalized spacial score (nSPS) is 10.3. The van der Waals surface area contributed by atoms with Gasteiger partial charge in [-0.15, -0.1) is 10.2 Å². The van der Waals surface area contributed by atoms with Crippen molar-refractivity contribution in [1.82, 2.24) is 10.2 Å². The van der Waals surface area contributed by atoms with Crippen LogP contribution in [0.5, 0.6) is 0 Å². The summed E-state index contributed by atoms with van der Waals surface area (Å²) in [6, 6.07) is 17.8. The lowest BCUT2D eigenvalue weighted by Gasteiger charge is -2.06. The van der Waals surface area contributed by atoms with E-state index in [-0.39, 0.29) is 0 Å². The fourth-order valence-electron chi connectivity index (χ4n) is 2.13. The van der Waals surface area contributed by atoms with E-state index >= 15 is 0 Å². The maximum Gasteiger partial charge on any atom is 0.111 e. The molecule has 0 saturated heterocycles. The summed E-state index contributed by atoms with van der Waals surface area (Å²) in [6.45, 7) is 2.00. The van der Waals surface area contributed by atoms with Gasteiger partial charge in [-0.05, 0) is 19.1 Å². The van der Waals surface area contributed by atoms with Crippen molar-refractivity contribution >= 4 is 10.9 Å². The molecular weight excluding hydrogens is 234 g/mol. The second-order valence-corrected chi connectivity index (χ2v) is 4.42. The molecule has 0 N–H and O–H groups in total. The number of hydrogen-bond donors (Lipinski definition) is 0. The van der Waals surface area contributed by atoms with Crippen LogP contribution in [0.15, 0.2) is 48.5 Å². The van der Waals surface area contributed by atoms with E-state index < -0.39 is 0 Å². The molecule has 19 heavy (non-hydrogen) atoms. The minimum Gasteiger partial charge on any atom is -0.192 e. The van der Waals surface area contributed by atoms with Crippen molar-refractivity contribution in [1.29, 1.82) is 5.26 Å². The van der Waals surface area contributed by atoms with Crippen LogP contribution < -0.4 is 0 Å². The Morgan fingerprint density at radius 1 is 1.00 bits per heavy atom. The van der Waals surface area contributed by atoms with Crippen molar-refractivity contribution in [2.24, 2.45) is 0 Å². The van der Waals surface area contributed by atoms with Crippen LogP contribution in [0.2, 0.25) is 0 Å². The van der Waals surface area contributed by atoms with Gasteiger partial charge in [0.2, 0.25) is 0 Å². The van der Waals surface area contributed by atoms with Crippen LogP contribution in [0.3, 0.4) is 0 Å². The van der Waals surface area contributed by atoms with Gasteiger partial charge in [0.25, 0.3) is 0 Å². The van der Waals surface area contributed by atoms with E-state index in [0.29, 0.717) is 11.3 Å². The second kappa shape index (κ2) is 4.51. The number of hydrogen-bond acceptors (Lipinski definition) is 3. The number of fused-ring (bicyclic) bond motifs is 1. The molecule has 90 valence electrons. The van der Waals surface area contributed by atoms with Gasteiger partial charge in [0.05, 0.1) is 11.1 Å². The van der Waals surface area contributed by atoms with Crippen LogP contribution in [-0.2, 0) is 0 Å². The fraction of sp³-hybridized carbons (Fsp3) is 0.0625. The summed E-state index contributed by atoms with van der Waals surface area (Å²) in [4.78, 5) is 0. The molecule has 1 heterocycles. The van der Waals surface area contributed by atoms with Crippen LogP contribution in [0.4, 0.5) is 0 Å². The van der Waals surface area contributed by atoms with Crippen molar-refractivity contribution in [3.8, 4) is 17.3 Å². The van der Waals surface area contributed by atoms with Crippen molar-refractivity contribution in [2.45, 2.75) is 6.92 Å². The lowest BCUT2D eigenvalue weighted by Crippen LogP contribution is -1.95. The number of aryl methyl sites for hydroxylation is 1. The van der Waals surface area contributed by atoms with Crippen LogP contribution in [0.25, 0.3) is 22.2 Å². The Bertz CT molecular complexity index is 786. The van der Waals surface area contributed by atoms with Crippen LogP contribution in [0, 0.1) is 18.3 Å². The predicted molar refractivity (Wildman–Crippen MR) is 74.4 cm³/mol. The van der Waals surface area contributed by atoms with E-state index in [4.69, 9.17) is 0 Å². The molecule has 2 aromatic carbocycles. The fourth-order valence-corrected chi connectivity index (χ4v) is 2.13. The van der Waals surface area contributed by atoms with Crippen molar-refractivity contribution in [2.75, 3.05) is 0 Å². The van der Waals surface area contributed by atoms with Gasteiger partial charge in [-0.3, -0.25) is 0 Å². The van der Waals surface area contributed by atoms with Crippen molar-refractivity contribution < 1.29 is 0 Å². The molecule has 0 unspecified atom stereocenters. The highest BCUT2D eigenvalue weighted by Crippen LogP contribution is 2.26. The molecule has 3 heteroatoms. The van der Waals surface area contributed by atoms with Crippen molar-refractivity contribution in [3.63, 3.8) is 0 Å². The Balaban J connectivity index is 2.36. The van der Waals surface area contributed by atoms with Crippen LogP contribution in [0.1, 0.15) is 11.1 Å².